The Balaban J connectivity index is 0.00000605. The molecule has 0 fully saturated rings. The minimum absolute atomic E-state index is 0. The Labute approximate surface area is 480 Å². The van der Waals surface area contributed by atoms with Crippen molar-refractivity contribution in [1.82, 2.24) is 9.97 Å². The van der Waals surface area contributed by atoms with Crippen LogP contribution in [0.15, 0.2) is 284 Å². The smallest absolute Gasteiger partial charge is 0.486 e. The maximum absolute atomic E-state index is 6.49. The first-order valence-electron chi connectivity index (χ1n) is 26.7. The quantitative estimate of drug-likeness (QED) is 0.121. The van der Waals surface area contributed by atoms with E-state index in [-0.39, 0.29) is 32.1 Å². The molecule has 4 heterocycles. The van der Waals surface area contributed by atoms with Crippen LogP contribution < -0.4 is 4.74 Å². The van der Waals surface area contributed by atoms with E-state index in [1.54, 1.807) is 0 Å². The van der Waals surface area contributed by atoms with Crippen molar-refractivity contribution >= 4 is 5.71 Å². The molecule has 80 heavy (non-hydrogen) atoms. The zero-order valence-corrected chi connectivity index (χ0v) is 45.7. The number of aliphatic imine (C=N–C) groups is 1. The zero-order valence-electron chi connectivity index (χ0n) is 43.3. The van der Waals surface area contributed by atoms with Crippen molar-refractivity contribution < 1.29 is 24.8 Å². The molecule has 0 radical (unpaired) electrons. The van der Waals surface area contributed by atoms with E-state index < -0.39 is 0 Å². The molecule has 14 rings (SSSR count). The van der Waals surface area contributed by atoms with Crippen LogP contribution in [0, 0.1) is 18.2 Å². The third kappa shape index (κ3) is 9.64. The van der Waals surface area contributed by atoms with E-state index in [0.29, 0.717) is 0 Å². The standard InChI is InChI=1S/C75H48N3O.Ir/c1-2-16-50(17-3-1)51-28-30-54(31-29-51)69-49-57(75-74-68-24-10-11-27-72(68)79-73(74)42-45-78-75)40-41-67(69)66-23-9-8-22-65(66)60-47-58(63-20-6-4-18-61(63)52-32-36-55(37-33-52)70-25-12-14-43-76-70)46-59(48-60)64-21-7-5-19-62(64)53-34-38-56(39-35-53)71-26-13-15-44-77-71;/h1-36,38,41-49,73-74H;/q-3;+3. The molecule has 0 saturated carbocycles. The van der Waals surface area contributed by atoms with Crippen LogP contribution in [0.25, 0.3) is 112 Å². The number of rotatable bonds is 11. The fourth-order valence-electron chi connectivity index (χ4n) is 11.4. The Hall–Kier alpha value is -9.64. The number of fused-ring (bicyclic) bond motifs is 3. The largest absolute Gasteiger partial charge is 3.00 e. The van der Waals surface area contributed by atoms with Gasteiger partial charge < -0.3 is 19.7 Å². The second-order valence-electron chi connectivity index (χ2n) is 19.9. The van der Waals surface area contributed by atoms with E-state index in [0.717, 1.165) is 129 Å². The van der Waals surface area contributed by atoms with Gasteiger partial charge in [0, 0.05) is 24.5 Å². The molecule has 2 atom stereocenters. The van der Waals surface area contributed by atoms with Gasteiger partial charge in [-0.2, -0.15) is 0 Å². The maximum atomic E-state index is 6.49. The summed E-state index contributed by atoms with van der Waals surface area (Å²) in [5.74, 6) is 0.851. The predicted octanol–water partition coefficient (Wildman–Crippen LogP) is 18.4. The topological polar surface area (TPSA) is 47.4 Å². The second kappa shape index (κ2) is 22.0. The number of aromatic nitrogens is 2. The van der Waals surface area contributed by atoms with Crippen LogP contribution in [-0.4, -0.2) is 21.8 Å². The molecule has 0 N–H and O–H groups in total. The first-order chi connectivity index (χ1) is 39.2. The van der Waals surface area contributed by atoms with E-state index >= 15 is 0 Å². The first-order valence-corrected chi connectivity index (χ1v) is 26.7. The molecule has 4 nitrogen and oxygen atoms in total. The van der Waals surface area contributed by atoms with Crippen LogP contribution in [0.1, 0.15) is 17.0 Å². The van der Waals surface area contributed by atoms with Crippen molar-refractivity contribution in [2.75, 3.05) is 0 Å². The summed E-state index contributed by atoms with van der Waals surface area (Å²) in [4.78, 5) is 14.3. The Morgan fingerprint density at radius 1 is 0.338 bits per heavy atom. The monoisotopic (exact) mass is 1200 g/mol. The molecule has 0 bridgehead atoms. The van der Waals surface area contributed by atoms with Gasteiger partial charge in [0.05, 0.1) is 0 Å². The van der Waals surface area contributed by atoms with Crippen molar-refractivity contribution in [3.63, 3.8) is 0 Å². The van der Waals surface area contributed by atoms with E-state index in [4.69, 9.17) is 9.73 Å². The number of hydrogen-bond donors (Lipinski definition) is 0. The molecule has 2 aliphatic rings. The predicted molar refractivity (Wildman–Crippen MR) is 322 cm³/mol. The Bertz CT molecular complexity index is 4110. The Kier molecular flexibility index (Phi) is 13.7. The third-order valence-electron chi connectivity index (χ3n) is 15.2. The van der Waals surface area contributed by atoms with Crippen LogP contribution in [0.4, 0.5) is 0 Å². The molecule has 0 amide bonds. The molecule has 0 aliphatic carbocycles. The van der Waals surface area contributed by atoms with Crippen LogP contribution in [0.5, 0.6) is 5.75 Å². The number of benzene rings is 10. The van der Waals surface area contributed by atoms with Gasteiger partial charge in [0.25, 0.3) is 0 Å². The molecular weight excluding hydrogens is 1150 g/mol. The number of pyridine rings is 2. The van der Waals surface area contributed by atoms with E-state index in [9.17, 15) is 0 Å². The number of nitrogens with zero attached hydrogens (tertiary/aromatic N) is 3. The molecule has 2 aliphatic heterocycles. The molecule has 5 heteroatoms. The summed E-state index contributed by atoms with van der Waals surface area (Å²) in [6.07, 6.45) is 7.46. The molecule has 2 aromatic heterocycles. The molecule has 10 aromatic carbocycles. The van der Waals surface area contributed by atoms with Crippen LogP contribution >= 0.6 is 0 Å². The van der Waals surface area contributed by atoms with Crippen molar-refractivity contribution in [3.8, 4) is 117 Å². The van der Waals surface area contributed by atoms with Crippen molar-refractivity contribution in [3.05, 3.63) is 309 Å². The summed E-state index contributed by atoms with van der Waals surface area (Å²) in [6, 6.07) is 101. The van der Waals surface area contributed by atoms with Gasteiger partial charge in [-0.3, -0.25) is 0 Å². The van der Waals surface area contributed by atoms with Gasteiger partial charge in [-0.15, -0.1) is 83.4 Å². The third-order valence-corrected chi connectivity index (χ3v) is 15.2. The molecule has 0 spiro atoms. The van der Waals surface area contributed by atoms with Crippen molar-refractivity contribution in [2.45, 2.75) is 12.0 Å². The molecule has 0 saturated heterocycles. The average molecular weight is 1200 g/mol. The minimum atomic E-state index is -0.141. The molecule has 12 aromatic rings. The summed E-state index contributed by atoms with van der Waals surface area (Å²) in [5.41, 5.74) is 24.4. The number of hydrogen-bond acceptors (Lipinski definition) is 4. The van der Waals surface area contributed by atoms with Gasteiger partial charge in [-0.25, -0.2) is 0 Å². The van der Waals surface area contributed by atoms with Crippen molar-refractivity contribution in [1.29, 1.82) is 0 Å². The Morgan fingerprint density at radius 3 is 1.35 bits per heavy atom. The fourth-order valence-corrected chi connectivity index (χ4v) is 11.4. The van der Waals surface area contributed by atoms with Crippen LogP contribution in [0.3, 0.4) is 0 Å². The zero-order chi connectivity index (χ0) is 52.5. The summed E-state index contributed by atoms with van der Waals surface area (Å²) in [5, 5.41) is 0. The molecule has 378 valence electrons. The van der Waals surface area contributed by atoms with Gasteiger partial charge >= 0.3 is 20.1 Å². The number of para-hydroxylation sites is 1. The van der Waals surface area contributed by atoms with Crippen LogP contribution in [-0.2, 0) is 20.1 Å². The summed E-state index contributed by atoms with van der Waals surface area (Å²) in [6.45, 7) is 0. The van der Waals surface area contributed by atoms with E-state index in [1.165, 1.54) is 5.56 Å². The summed E-state index contributed by atoms with van der Waals surface area (Å²) < 4.78 is 6.49. The van der Waals surface area contributed by atoms with Gasteiger partial charge in [0.2, 0.25) is 0 Å². The van der Waals surface area contributed by atoms with E-state index in [1.807, 2.05) is 61.1 Å². The fraction of sp³-hybridized carbons (Fsp3) is 0.0267. The summed E-state index contributed by atoms with van der Waals surface area (Å²) >= 11 is 0. The van der Waals surface area contributed by atoms with Crippen LogP contribution in [0.2, 0.25) is 0 Å². The number of ether oxygens (including phenoxy) is 1. The average Bonchev–Trinajstić information content (AvgIpc) is 3.96. The first kappa shape index (κ1) is 49.9. The van der Waals surface area contributed by atoms with Gasteiger partial charge in [0.1, 0.15) is 11.9 Å². The maximum Gasteiger partial charge on any atom is 3.00 e. The molecular formula is C75H48IrN3O. The molecule has 2 unspecified atom stereocenters. The minimum Gasteiger partial charge on any atom is -0.486 e. The second-order valence-corrected chi connectivity index (χ2v) is 19.9. The van der Waals surface area contributed by atoms with Gasteiger partial charge in [-0.1, -0.05) is 209 Å². The van der Waals surface area contributed by atoms with E-state index in [2.05, 4.69) is 247 Å². The van der Waals surface area contributed by atoms with Crippen molar-refractivity contribution in [2.24, 2.45) is 4.99 Å². The van der Waals surface area contributed by atoms with Gasteiger partial charge in [-0.05, 0) is 115 Å². The summed E-state index contributed by atoms with van der Waals surface area (Å²) in [7, 11) is 0. The normalized spacial score (nSPS) is 14.0. The van der Waals surface area contributed by atoms with Gasteiger partial charge in [0.15, 0.2) is 0 Å². The Morgan fingerprint density at radius 2 is 0.800 bits per heavy atom. The SMILES string of the molecule is [Ir+3].[c-]1cc(-c2ccccc2-c2cc(-c3ccccc3-c3c[c-]c(-c4ccccn4)cc3)cc(-c3ccccc3-c3c[c-]c(-c4ccccn4)cc3)c2)c(-c2ccc(-c3ccccc3)cc2)cc1C1=NC=CC2Oc3ccccc3C12.